The second-order valence-corrected chi connectivity index (χ2v) is 7.26. The van der Waals surface area contributed by atoms with E-state index in [1.54, 1.807) is 60.6 Å². The SMILES string of the molecule is Cc1cc(C(=O)Nc2ccc(C3OCC(=O)N(Cc4cccnc4)C3CO)cc2)no1. The molecular formula is C22H22N4O5. The van der Waals surface area contributed by atoms with Crippen molar-refractivity contribution in [2.75, 3.05) is 18.5 Å². The summed E-state index contributed by atoms with van der Waals surface area (Å²) in [7, 11) is 0. The summed E-state index contributed by atoms with van der Waals surface area (Å²) in [6.07, 6.45) is 2.86. The van der Waals surface area contributed by atoms with Gasteiger partial charge in [0.05, 0.1) is 12.6 Å². The first-order valence-electron chi connectivity index (χ1n) is 9.80. The van der Waals surface area contributed by atoms with E-state index in [-0.39, 0.29) is 30.7 Å². The number of morpholine rings is 1. The summed E-state index contributed by atoms with van der Waals surface area (Å²) < 4.78 is 10.7. The predicted molar refractivity (Wildman–Crippen MR) is 110 cm³/mol. The lowest BCUT2D eigenvalue weighted by atomic mass is 9.98. The molecule has 0 spiro atoms. The molecule has 2 amide bonds. The number of ether oxygens (including phenoxy) is 1. The minimum Gasteiger partial charge on any atom is -0.394 e. The Labute approximate surface area is 178 Å². The first-order valence-corrected chi connectivity index (χ1v) is 9.80. The molecule has 0 bridgehead atoms. The fourth-order valence-electron chi connectivity index (χ4n) is 3.53. The van der Waals surface area contributed by atoms with Crippen LogP contribution in [0.3, 0.4) is 0 Å². The van der Waals surface area contributed by atoms with Gasteiger partial charge < -0.3 is 24.6 Å². The number of nitrogens with zero attached hydrogens (tertiary/aromatic N) is 3. The first-order chi connectivity index (χ1) is 15.0. The standard InChI is InChI=1S/C22H22N4O5/c1-14-9-18(25-31-14)22(29)24-17-6-4-16(5-7-17)21-19(12-27)26(20(28)13-30-21)11-15-3-2-8-23-10-15/h2-10,19,21,27H,11-13H2,1H3,(H,24,29). The molecule has 9 nitrogen and oxygen atoms in total. The Morgan fingerprint density at radius 1 is 1.29 bits per heavy atom. The third-order valence-electron chi connectivity index (χ3n) is 5.08. The molecule has 1 aromatic carbocycles. The van der Waals surface area contributed by atoms with Crippen LogP contribution in [-0.4, -0.2) is 51.2 Å². The number of hydrogen-bond donors (Lipinski definition) is 2. The van der Waals surface area contributed by atoms with Crippen molar-refractivity contribution in [2.45, 2.75) is 25.6 Å². The van der Waals surface area contributed by atoms with E-state index in [1.807, 2.05) is 6.07 Å². The Bertz CT molecular complexity index is 1050. The molecule has 0 aliphatic carbocycles. The minimum absolute atomic E-state index is 0.0780. The van der Waals surface area contributed by atoms with Crippen LogP contribution < -0.4 is 5.32 Å². The van der Waals surface area contributed by atoms with Gasteiger partial charge in [-0.15, -0.1) is 0 Å². The maximum absolute atomic E-state index is 12.5. The number of carbonyl (C=O) groups excluding carboxylic acids is 2. The van der Waals surface area contributed by atoms with Crippen LogP contribution in [0.15, 0.2) is 59.4 Å². The van der Waals surface area contributed by atoms with Crippen molar-refractivity contribution in [3.8, 4) is 0 Å². The molecule has 4 rings (SSSR count). The van der Waals surface area contributed by atoms with Gasteiger partial charge >= 0.3 is 0 Å². The van der Waals surface area contributed by atoms with E-state index in [0.29, 0.717) is 18.0 Å². The normalized spacial score (nSPS) is 18.8. The van der Waals surface area contributed by atoms with Crippen molar-refractivity contribution >= 4 is 17.5 Å². The molecule has 2 aromatic heterocycles. The van der Waals surface area contributed by atoms with Gasteiger partial charge in [-0.3, -0.25) is 14.6 Å². The van der Waals surface area contributed by atoms with Crippen molar-refractivity contribution < 1.29 is 24.0 Å². The second-order valence-electron chi connectivity index (χ2n) is 7.26. The second kappa shape index (κ2) is 9.07. The average Bonchev–Trinajstić information content (AvgIpc) is 3.23. The lowest BCUT2D eigenvalue weighted by Gasteiger charge is -2.40. The van der Waals surface area contributed by atoms with E-state index in [0.717, 1.165) is 11.1 Å². The van der Waals surface area contributed by atoms with Gasteiger partial charge in [0.25, 0.3) is 5.91 Å². The third kappa shape index (κ3) is 4.62. The highest BCUT2D eigenvalue weighted by atomic mass is 16.5. The summed E-state index contributed by atoms with van der Waals surface area (Å²) in [6.45, 7) is 1.72. The number of aromatic nitrogens is 2. The van der Waals surface area contributed by atoms with Crippen molar-refractivity contribution in [1.29, 1.82) is 0 Å². The van der Waals surface area contributed by atoms with Gasteiger partial charge in [-0.2, -0.15) is 0 Å². The quantitative estimate of drug-likeness (QED) is 0.624. The molecule has 3 aromatic rings. The van der Waals surface area contributed by atoms with Crippen molar-refractivity contribution in [1.82, 2.24) is 15.0 Å². The number of anilines is 1. The number of pyridine rings is 1. The van der Waals surface area contributed by atoms with Gasteiger partial charge in [-0.25, -0.2) is 0 Å². The first kappa shape index (κ1) is 20.7. The van der Waals surface area contributed by atoms with Crippen LogP contribution in [-0.2, 0) is 16.1 Å². The molecule has 2 atom stereocenters. The molecule has 9 heteroatoms. The van der Waals surface area contributed by atoms with Gasteiger partial charge in [0.2, 0.25) is 5.91 Å². The molecule has 31 heavy (non-hydrogen) atoms. The summed E-state index contributed by atoms with van der Waals surface area (Å²) in [4.78, 5) is 30.4. The fraction of sp³-hybridized carbons (Fsp3) is 0.273. The van der Waals surface area contributed by atoms with Crippen LogP contribution in [0.5, 0.6) is 0 Å². The summed E-state index contributed by atoms with van der Waals surface area (Å²) in [6, 6.07) is 11.8. The zero-order valence-corrected chi connectivity index (χ0v) is 16.9. The number of amides is 2. The van der Waals surface area contributed by atoms with Gasteiger partial charge in [-0.1, -0.05) is 23.4 Å². The van der Waals surface area contributed by atoms with Crippen LogP contribution in [0.1, 0.15) is 33.5 Å². The van der Waals surface area contributed by atoms with Crippen molar-refractivity contribution in [2.24, 2.45) is 0 Å². The number of nitrogens with one attached hydrogen (secondary N) is 1. The number of hydrogen-bond acceptors (Lipinski definition) is 7. The lowest BCUT2D eigenvalue weighted by Crippen LogP contribution is -2.52. The number of aliphatic hydroxyl groups excluding tert-OH is 1. The van der Waals surface area contributed by atoms with Crippen molar-refractivity contribution in [3.63, 3.8) is 0 Å². The van der Waals surface area contributed by atoms with Crippen LogP contribution in [0.25, 0.3) is 0 Å². The Balaban J connectivity index is 1.48. The molecule has 0 radical (unpaired) electrons. The third-order valence-corrected chi connectivity index (χ3v) is 5.08. The molecule has 160 valence electrons. The molecule has 2 N–H and O–H groups in total. The van der Waals surface area contributed by atoms with E-state index in [4.69, 9.17) is 9.26 Å². The molecule has 2 unspecified atom stereocenters. The number of aliphatic hydroxyl groups is 1. The monoisotopic (exact) mass is 422 g/mol. The zero-order chi connectivity index (χ0) is 21.8. The Hall–Kier alpha value is -3.56. The van der Waals surface area contributed by atoms with E-state index in [1.165, 1.54) is 0 Å². The average molecular weight is 422 g/mol. The van der Waals surface area contributed by atoms with Crippen LogP contribution in [0.2, 0.25) is 0 Å². The zero-order valence-electron chi connectivity index (χ0n) is 16.9. The molecule has 3 heterocycles. The van der Waals surface area contributed by atoms with Gasteiger partial charge in [0.15, 0.2) is 5.69 Å². The van der Waals surface area contributed by atoms with E-state index < -0.39 is 12.1 Å². The smallest absolute Gasteiger partial charge is 0.277 e. The van der Waals surface area contributed by atoms with Crippen LogP contribution in [0, 0.1) is 6.92 Å². The molecule has 1 saturated heterocycles. The molecule has 0 saturated carbocycles. The number of carbonyl (C=O) groups is 2. The topological polar surface area (TPSA) is 118 Å². The molecular weight excluding hydrogens is 400 g/mol. The van der Waals surface area contributed by atoms with Crippen LogP contribution in [0.4, 0.5) is 5.69 Å². The Morgan fingerprint density at radius 2 is 2.10 bits per heavy atom. The van der Waals surface area contributed by atoms with E-state index in [2.05, 4.69) is 15.5 Å². The Morgan fingerprint density at radius 3 is 2.74 bits per heavy atom. The van der Waals surface area contributed by atoms with Gasteiger partial charge in [0.1, 0.15) is 18.5 Å². The van der Waals surface area contributed by atoms with Crippen molar-refractivity contribution in [3.05, 3.63) is 77.4 Å². The van der Waals surface area contributed by atoms with Gasteiger partial charge in [-0.05, 0) is 36.2 Å². The fourth-order valence-corrected chi connectivity index (χ4v) is 3.53. The summed E-state index contributed by atoms with van der Waals surface area (Å²) in [5.74, 6) is -0.0127. The maximum Gasteiger partial charge on any atom is 0.277 e. The minimum atomic E-state index is -0.542. The molecule has 1 aliphatic heterocycles. The summed E-state index contributed by atoms with van der Waals surface area (Å²) in [5.41, 5.74) is 2.44. The Kier molecular flexibility index (Phi) is 6.06. The highest BCUT2D eigenvalue weighted by Crippen LogP contribution is 2.31. The lowest BCUT2D eigenvalue weighted by molar-refractivity contribution is -0.162. The molecule has 1 aliphatic rings. The molecule has 1 fully saturated rings. The van der Waals surface area contributed by atoms with E-state index in [9.17, 15) is 14.7 Å². The van der Waals surface area contributed by atoms with E-state index >= 15 is 0 Å². The highest BCUT2D eigenvalue weighted by Gasteiger charge is 2.37. The van der Waals surface area contributed by atoms with Crippen LogP contribution >= 0.6 is 0 Å². The number of aryl methyl sites for hydroxylation is 1. The highest BCUT2D eigenvalue weighted by molar-refractivity contribution is 6.02. The number of benzene rings is 1. The predicted octanol–water partition coefficient (Wildman–Crippen LogP) is 2.09. The largest absolute Gasteiger partial charge is 0.394 e. The number of rotatable bonds is 6. The maximum atomic E-state index is 12.5. The van der Waals surface area contributed by atoms with Gasteiger partial charge in [0, 0.05) is 30.7 Å². The summed E-state index contributed by atoms with van der Waals surface area (Å²) >= 11 is 0. The summed E-state index contributed by atoms with van der Waals surface area (Å²) in [5, 5.41) is 16.5.